The number of nitrogens with one attached hydrogen (secondary N) is 2. The smallest absolute Gasteiger partial charge is 0.238 e. The van der Waals surface area contributed by atoms with Crippen LogP contribution in [-0.2, 0) is 4.79 Å². The average molecular weight is 289 g/mol. The normalized spacial score (nSPS) is 10.4. The van der Waals surface area contributed by atoms with E-state index in [1.165, 1.54) is 12.8 Å². The van der Waals surface area contributed by atoms with Gasteiger partial charge in [0.25, 0.3) is 0 Å². The van der Waals surface area contributed by atoms with Crippen molar-refractivity contribution in [3.8, 4) is 0 Å². The van der Waals surface area contributed by atoms with Crippen LogP contribution in [-0.4, -0.2) is 19.0 Å². The van der Waals surface area contributed by atoms with E-state index < -0.39 is 0 Å². The maximum absolute atomic E-state index is 11.6. The minimum absolute atomic E-state index is 0.115. The number of carbonyl (C=O) groups is 1. The van der Waals surface area contributed by atoms with Crippen LogP contribution in [0.15, 0.2) is 18.2 Å². The van der Waals surface area contributed by atoms with Gasteiger partial charge in [0, 0.05) is 0 Å². The predicted octanol–water partition coefficient (Wildman–Crippen LogP) is 3.71. The third-order valence-corrected chi connectivity index (χ3v) is 3.29. The molecule has 18 heavy (non-hydrogen) atoms. The van der Waals surface area contributed by atoms with Gasteiger partial charge in [0.2, 0.25) is 5.91 Å². The van der Waals surface area contributed by atoms with Crippen molar-refractivity contribution < 1.29 is 4.79 Å². The lowest BCUT2D eigenvalue weighted by Gasteiger charge is -2.08. The summed E-state index contributed by atoms with van der Waals surface area (Å²) >= 11 is 11.8. The van der Waals surface area contributed by atoms with Crippen LogP contribution in [0.5, 0.6) is 0 Å². The molecule has 5 heteroatoms. The molecule has 0 unspecified atom stereocenters. The Morgan fingerprint density at radius 2 is 2.06 bits per heavy atom. The number of halogens is 2. The monoisotopic (exact) mass is 288 g/mol. The highest BCUT2D eigenvalue weighted by Gasteiger charge is 2.07. The summed E-state index contributed by atoms with van der Waals surface area (Å²) in [6.45, 7) is 3.28. The van der Waals surface area contributed by atoms with Crippen molar-refractivity contribution >= 4 is 34.8 Å². The highest BCUT2D eigenvalue weighted by atomic mass is 35.5. The summed E-state index contributed by atoms with van der Waals surface area (Å²) in [4.78, 5) is 11.6. The van der Waals surface area contributed by atoms with Crippen molar-refractivity contribution in [2.75, 3.05) is 18.4 Å². The summed E-state index contributed by atoms with van der Waals surface area (Å²) in [6, 6.07) is 5.16. The summed E-state index contributed by atoms with van der Waals surface area (Å²) in [5, 5.41) is 6.62. The molecule has 0 bridgehead atoms. The fourth-order valence-corrected chi connectivity index (χ4v) is 1.84. The number of anilines is 1. The molecular weight excluding hydrogens is 271 g/mol. The molecule has 2 N–H and O–H groups in total. The standard InChI is InChI=1S/C13H18Cl2N2O/c1-2-3-4-8-16-9-12(18)17-11-7-5-6-10(14)13(11)15/h5-7,16H,2-4,8-9H2,1H3,(H,17,18). The van der Waals surface area contributed by atoms with Gasteiger partial charge in [0.15, 0.2) is 0 Å². The number of amides is 1. The largest absolute Gasteiger partial charge is 0.324 e. The molecule has 0 aliphatic carbocycles. The Balaban J connectivity index is 2.34. The van der Waals surface area contributed by atoms with Crippen molar-refractivity contribution in [1.82, 2.24) is 5.32 Å². The molecule has 0 aliphatic rings. The molecule has 0 aliphatic heterocycles. The van der Waals surface area contributed by atoms with Crippen LogP contribution in [0, 0.1) is 0 Å². The van der Waals surface area contributed by atoms with Crippen molar-refractivity contribution in [3.63, 3.8) is 0 Å². The van der Waals surface area contributed by atoms with Crippen LogP contribution < -0.4 is 10.6 Å². The first-order valence-corrected chi connectivity index (χ1v) is 6.85. The summed E-state index contributed by atoms with van der Waals surface area (Å²) < 4.78 is 0. The highest BCUT2D eigenvalue weighted by Crippen LogP contribution is 2.29. The topological polar surface area (TPSA) is 41.1 Å². The Hall–Kier alpha value is -0.770. The van der Waals surface area contributed by atoms with Crippen molar-refractivity contribution in [2.45, 2.75) is 26.2 Å². The van der Waals surface area contributed by atoms with Crippen molar-refractivity contribution in [3.05, 3.63) is 28.2 Å². The Morgan fingerprint density at radius 1 is 1.28 bits per heavy atom. The molecule has 3 nitrogen and oxygen atoms in total. The first kappa shape index (κ1) is 15.3. The maximum Gasteiger partial charge on any atom is 0.238 e. The van der Waals surface area contributed by atoms with E-state index >= 15 is 0 Å². The first-order chi connectivity index (χ1) is 8.65. The zero-order chi connectivity index (χ0) is 13.4. The fourth-order valence-electron chi connectivity index (χ4n) is 1.50. The molecule has 100 valence electrons. The molecule has 0 radical (unpaired) electrons. The van der Waals surface area contributed by atoms with Gasteiger partial charge >= 0.3 is 0 Å². The molecule has 0 heterocycles. The lowest BCUT2D eigenvalue weighted by atomic mass is 10.2. The molecule has 0 fully saturated rings. The summed E-state index contributed by atoms with van der Waals surface area (Å²) in [7, 11) is 0. The van der Waals surface area contributed by atoms with Crippen molar-refractivity contribution in [2.24, 2.45) is 0 Å². The van der Waals surface area contributed by atoms with E-state index in [0.717, 1.165) is 13.0 Å². The second-order valence-electron chi connectivity index (χ2n) is 4.03. The maximum atomic E-state index is 11.6. The zero-order valence-corrected chi connectivity index (χ0v) is 11.9. The molecule has 0 atom stereocenters. The van der Waals surface area contributed by atoms with Gasteiger partial charge in [-0.1, -0.05) is 49.0 Å². The SMILES string of the molecule is CCCCCNCC(=O)Nc1cccc(Cl)c1Cl. The molecule has 0 saturated carbocycles. The Kier molecular flexibility index (Phi) is 7.09. The van der Waals surface area contributed by atoms with Crippen LogP contribution in [0.3, 0.4) is 0 Å². The summed E-state index contributed by atoms with van der Waals surface area (Å²) in [5.41, 5.74) is 0.546. The van der Waals surface area contributed by atoms with Crippen molar-refractivity contribution in [1.29, 1.82) is 0 Å². The molecule has 0 aromatic heterocycles. The second kappa shape index (κ2) is 8.35. The Bertz CT molecular complexity index is 397. The molecule has 0 spiro atoms. The van der Waals surface area contributed by atoms with Gasteiger partial charge in [-0.2, -0.15) is 0 Å². The number of hydrogen-bond donors (Lipinski definition) is 2. The second-order valence-corrected chi connectivity index (χ2v) is 4.82. The number of carbonyl (C=O) groups excluding carboxylic acids is 1. The van der Waals surface area contributed by atoms with Crippen LogP contribution in [0.4, 0.5) is 5.69 Å². The van der Waals surface area contributed by atoms with Gasteiger partial charge in [-0.15, -0.1) is 0 Å². The summed E-state index contributed by atoms with van der Waals surface area (Å²) in [6.07, 6.45) is 3.43. The van der Waals surface area contributed by atoms with E-state index in [1.807, 2.05) is 0 Å². The highest BCUT2D eigenvalue weighted by molar-refractivity contribution is 6.43. The minimum atomic E-state index is -0.115. The van der Waals surface area contributed by atoms with E-state index in [1.54, 1.807) is 18.2 Å². The molecule has 1 rings (SSSR count). The molecule has 0 saturated heterocycles. The quantitative estimate of drug-likeness (QED) is 0.751. The van der Waals surface area contributed by atoms with Gasteiger partial charge < -0.3 is 10.6 Å². The van der Waals surface area contributed by atoms with E-state index in [2.05, 4.69) is 17.6 Å². The molecule has 1 aromatic rings. The third-order valence-electron chi connectivity index (χ3n) is 2.47. The third kappa shape index (κ3) is 5.25. The van der Waals surface area contributed by atoms with Crippen LogP contribution in [0.1, 0.15) is 26.2 Å². The van der Waals surface area contributed by atoms with Crippen LogP contribution in [0.25, 0.3) is 0 Å². The minimum Gasteiger partial charge on any atom is -0.324 e. The predicted molar refractivity (Wildman–Crippen MR) is 77.5 cm³/mol. The molecular formula is C13H18Cl2N2O. The van der Waals surface area contributed by atoms with E-state index in [9.17, 15) is 4.79 Å². The van der Waals surface area contributed by atoms with Crippen LogP contribution >= 0.6 is 23.2 Å². The Morgan fingerprint density at radius 3 is 2.78 bits per heavy atom. The average Bonchev–Trinajstić information content (AvgIpc) is 2.35. The van der Waals surface area contributed by atoms with Crippen LogP contribution in [0.2, 0.25) is 10.0 Å². The van der Waals surface area contributed by atoms with Gasteiger partial charge in [-0.05, 0) is 25.1 Å². The number of unbranched alkanes of at least 4 members (excludes halogenated alkanes) is 2. The lowest BCUT2D eigenvalue weighted by Crippen LogP contribution is -2.28. The van der Waals surface area contributed by atoms with E-state index in [4.69, 9.17) is 23.2 Å². The van der Waals surface area contributed by atoms with Gasteiger partial charge in [-0.3, -0.25) is 4.79 Å². The Labute approximate surface area is 118 Å². The summed E-state index contributed by atoms with van der Waals surface area (Å²) in [5.74, 6) is -0.115. The van der Waals surface area contributed by atoms with Gasteiger partial charge in [-0.25, -0.2) is 0 Å². The first-order valence-electron chi connectivity index (χ1n) is 6.09. The van der Waals surface area contributed by atoms with Gasteiger partial charge in [0.1, 0.15) is 0 Å². The lowest BCUT2D eigenvalue weighted by molar-refractivity contribution is -0.115. The fraction of sp³-hybridized carbons (Fsp3) is 0.462. The zero-order valence-electron chi connectivity index (χ0n) is 10.4. The van der Waals surface area contributed by atoms with Gasteiger partial charge in [0.05, 0.1) is 22.3 Å². The molecule has 1 amide bonds. The number of hydrogen-bond acceptors (Lipinski definition) is 2. The number of rotatable bonds is 7. The molecule has 1 aromatic carbocycles. The number of benzene rings is 1. The van der Waals surface area contributed by atoms with E-state index in [0.29, 0.717) is 15.7 Å². The van der Waals surface area contributed by atoms with E-state index in [-0.39, 0.29) is 12.5 Å².